The molecule has 4 nitrogen and oxygen atoms in total. The molecule has 1 fully saturated rings. The molecule has 1 unspecified atom stereocenters. The summed E-state index contributed by atoms with van der Waals surface area (Å²) in [4.78, 5) is 14.8. The number of nitrogens with zero attached hydrogens (tertiary/aromatic N) is 1. The summed E-state index contributed by atoms with van der Waals surface area (Å²) in [5.41, 5.74) is 2.83. The van der Waals surface area contributed by atoms with Crippen LogP contribution in [0.15, 0.2) is 18.2 Å². The average Bonchev–Trinajstić information content (AvgIpc) is 2.45. The van der Waals surface area contributed by atoms with Gasteiger partial charge in [-0.2, -0.15) is 0 Å². The van der Waals surface area contributed by atoms with Crippen LogP contribution in [0, 0.1) is 12.8 Å². The minimum absolute atomic E-state index is 0.0270. The number of benzene rings is 1. The molecule has 21 heavy (non-hydrogen) atoms. The summed E-state index contributed by atoms with van der Waals surface area (Å²) in [5, 5.41) is 6.38. The van der Waals surface area contributed by atoms with Crippen molar-refractivity contribution in [2.24, 2.45) is 5.92 Å². The summed E-state index contributed by atoms with van der Waals surface area (Å²) in [7, 11) is 2.15. The number of carbonyl (C=O) groups excluding carboxylic acids is 1. The lowest BCUT2D eigenvalue weighted by atomic mass is 9.98. The highest BCUT2D eigenvalue weighted by atomic mass is 16.1. The molecule has 1 aliphatic heterocycles. The van der Waals surface area contributed by atoms with Gasteiger partial charge in [-0.1, -0.05) is 6.07 Å². The molecule has 1 amide bonds. The molecule has 0 saturated carbocycles. The van der Waals surface area contributed by atoms with Gasteiger partial charge >= 0.3 is 0 Å². The molecule has 0 radical (unpaired) electrons. The zero-order valence-corrected chi connectivity index (χ0v) is 13.4. The molecule has 0 aliphatic carbocycles. The van der Waals surface area contributed by atoms with E-state index in [-0.39, 0.29) is 5.91 Å². The Morgan fingerprint density at radius 2 is 2.24 bits per heavy atom. The molecule has 1 aromatic rings. The van der Waals surface area contributed by atoms with Crippen molar-refractivity contribution in [2.75, 3.05) is 38.5 Å². The predicted octanol–water partition coefficient (Wildman–Crippen LogP) is 2.50. The van der Waals surface area contributed by atoms with Crippen LogP contribution in [-0.4, -0.2) is 44.0 Å². The van der Waals surface area contributed by atoms with E-state index in [9.17, 15) is 4.79 Å². The SMILES string of the molecule is CCNc1cc(C)ccc1C(=O)NCC1CCCN(C)C1. The van der Waals surface area contributed by atoms with Gasteiger partial charge in [-0.25, -0.2) is 0 Å². The minimum Gasteiger partial charge on any atom is -0.385 e. The topological polar surface area (TPSA) is 44.4 Å². The van der Waals surface area contributed by atoms with E-state index in [0.29, 0.717) is 5.92 Å². The highest BCUT2D eigenvalue weighted by Gasteiger charge is 2.18. The Balaban J connectivity index is 1.96. The Labute approximate surface area is 127 Å². The number of hydrogen-bond donors (Lipinski definition) is 2. The van der Waals surface area contributed by atoms with Crippen molar-refractivity contribution < 1.29 is 4.79 Å². The second-order valence-corrected chi connectivity index (χ2v) is 6.06. The monoisotopic (exact) mass is 289 g/mol. The summed E-state index contributed by atoms with van der Waals surface area (Å²) >= 11 is 0. The number of aryl methyl sites for hydroxylation is 1. The summed E-state index contributed by atoms with van der Waals surface area (Å²) in [6.07, 6.45) is 2.43. The third-order valence-electron chi connectivity index (χ3n) is 4.06. The average molecular weight is 289 g/mol. The predicted molar refractivity (Wildman–Crippen MR) is 87.9 cm³/mol. The molecule has 1 heterocycles. The maximum absolute atomic E-state index is 12.4. The molecule has 2 N–H and O–H groups in total. The van der Waals surface area contributed by atoms with Gasteiger partial charge in [0.05, 0.1) is 5.56 Å². The van der Waals surface area contributed by atoms with Gasteiger partial charge in [-0.3, -0.25) is 4.79 Å². The summed E-state index contributed by atoms with van der Waals surface area (Å²) in [6.45, 7) is 7.92. The molecule has 0 aromatic heterocycles. The number of rotatable bonds is 5. The molecule has 2 rings (SSSR count). The van der Waals surface area contributed by atoms with E-state index >= 15 is 0 Å². The lowest BCUT2D eigenvalue weighted by Crippen LogP contribution is -2.39. The van der Waals surface area contributed by atoms with E-state index in [0.717, 1.165) is 36.4 Å². The van der Waals surface area contributed by atoms with E-state index < -0.39 is 0 Å². The summed E-state index contributed by atoms with van der Waals surface area (Å²) in [5.74, 6) is 0.597. The highest BCUT2D eigenvalue weighted by molar-refractivity contribution is 5.99. The van der Waals surface area contributed by atoms with Gasteiger partial charge in [-0.15, -0.1) is 0 Å². The number of likely N-dealkylation sites (tertiary alicyclic amines) is 1. The maximum Gasteiger partial charge on any atom is 0.253 e. The van der Waals surface area contributed by atoms with E-state index in [1.807, 2.05) is 32.0 Å². The van der Waals surface area contributed by atoms with Gasteiger partial charge < -0.3 is 15.5 Å². The van der Waals surface area contributed by atoms with Crippen LogP contribution in [0.25, 0.3) is 0 Å². The largest absolute Gasteiger partial charge is 0.385 e. The highest BCUT2D eigenvalue weighted by Crippen LogP contribution is 2.18. The van der Waals surface area contributed by atoms with Crippen LogP contribution in [0.1, 0.15) is 35.7 Å². The molecule has 1 aromatic carbocycles. The third-order valence-corrected chi connectivity index (χ3v) is 4.06. The van der Waals surface area contributed by atoms with E-state index in [4.69, 9.17) is 0 Å². The van der Waals surface area contributed by atoms with Gasteiger partial charge in [-0.05, 0) is 63.9 Å². The fraction of sp³-hybridized carbons (Fsp3) is 0.588. The normalized spacial score (nSPS) is 19.3. The van der Waals surface area contributed by atoms with Crippen LogP contribution < -0.4 is 10.6 Å². The smallest absolute Gasteiger partial charge is 0.253 e. The van der Waals surface area contributed by atoms with Crippen molar-refractivity contribution in [3.63, 3.8) is 0 Å². The fourth-order valence-corrected chi connectivity index (χ4v) is 2.96. The number of hydrogen-bond acceptors (Lipinski definition) is 3. The first kappa shape index (κ1) is 15.8. The Morgan fingerprint density at radius 3 is 2.95 bits per heavy atom. The van der Waals surface area contributed by atoms with Gasteiger partial charge in [0.15, 0.2) is 0 Å². The first-order valence-electron chi connectivity index (χ1n) is 7.91. The second-order valence-electron chi connectivity index (χ2n) is 6.06. The van der Waals surface area contributed by atoms with Gasteiger partial charge in [0, 0.05) is 25.3 Å². The molecular formula is C17H27N3O. The molecule has 116 valence electrons. The lowest BCUT2D eigenvalue weighted by molar-refractivity contribution is 0.0937. The van der Waals surface area contributed by atoms with E-state index in [1.165, 1.54) is 19.4 Å². The van der Waals surface area contributed by atoms with Crippen LogP contribution in [0.4, 0.5) is 5.69 Å². The third kappa shape index (κ3) is 4.46. The molecule has 4 heteroatoms. The first-order valence-corrected chi connectivity index (χ1v) is 7.91. The van der Waals surface area contributed by atoms with E-state index in [1.54, 1.807) is 0 Å². The van der Waals surface area contributed by atoms with Crippen molar-refractivity contribution in [3.8, 4) is 0 Å². The summed E-state index contributed by atoms with van der Waals surface area (Å²) < 4.78 is 0. The van der Waals surface area contributed by atoms with E-state index in [2.05, 4.69) is 22.6 Å². The molecule has 0 bridgehead atoms. The van der Waals surface area contributed by atoms with Gasteiger partial charge in [0.2, 0.25) is 0 Å². The number of carbonyl (C=O) groups is 1. The number of amides is 1. The zero-order chi connectivity index (χ0) is 15.2. The number of anilines is 1. The van der Waals surface area contributed by atoms with Crippen molar-refractivity contribution in [1.82, 2.24) is 10.2 Å². The Bertz CT molecular complexity index is 487. The molecule has 1 saturated heterocycles. The van der Waals surface area contributed by atoms with Crippen LogP contribution in [0.5, 0.6) is 0 Å². The molecule has 1 atom stereocenters. The second kappa shape index (κ2) is 7.46. The van der Waals surface area contributed by atoms with Crippen molar-refractivity contribution in [1.29, 1.82) is 0 Å². The van der Waals surface area contributed by atoms with Crippen molar-refractivity contribution >= 4 is 11.6 Å². The Kier molecular flexibility index (Phi) is 5.62. The van der Waals surface area contributed by atoms with Gasteiger partial charge in [0.1, 0.15) is 0 Å². The zero-order valence-electron chi connectivity index (χ0n) is 13.4. The van der Waals surface area contributed by atoms with Crippen LogP contribution in [0.2, 0.25) is 0 Å². The maximum atomic E-state index is 12.4. The van der Waals surface area contributed by atoms with Crippen molar-refractivity contribution in [3.05, 3.63) is 29.3 Å². The molecule has 0 spiro atoms. The Hall–Kier alpha value is -1.55. The lowest BCUT2D eigenvalue weighted by Gasteiger charge is -2.29. The number of nitrogens with one attached hydrogen (secondary N) is 2. The molecular weight excluding hydrogens is 262 g/mol. The van der Waals surface area contributed by atoms with Crippen LogP contribution in [0.3, 0.4) is 0 Å². The van der Waals surface area contributed by atoms with Crippen LogP contribution >= 0.6 is 0 Å². The molecule has 1 aliphatic rings. The Morgan fingerprint density at radius 1 is 1.43 bits per heavy atom. The van der Waals surface area contributed by atoms with Crippen LogP contribution in [-0.2, 0) is 0 Å². The quantitative estimate of drug-likeness (QED) is 0.875. The number of piperidine rings is 1. The van der Waals surface area contributed by atoms with Crippen molar-refractivity contribution in [2.45, 2.75) is 26.7 Å². The summed E-state index contributed by atoms with van der Waals surface area (Å²) in [6, 6.07) is 5.94. The van der Waals surface area contributed by atoms with Gasteiger partial charge in [0.25, 0.3) is 5.91 Å². The minimum atomic E-state index is 0.0270. The standard InChI is InChI=1S/C17H27N3O/c1-4-18-16-10-13(2)7-8-15(16)17(21)19-11-14-6-5-9-20(3)12-14/h7-8,10,14,18H,4-6,9,11-12H2,1-3H3,(H,19,21). The first-order chi connectivity index (χ1) is 10.1. The fourth-order valence-electron chi connectivity index (χ4n) is 2.96.